The van der Waals surface area contributed by atoms with Gasteiger partial charge >= 0.3 is 0 Å². The van der Waals surface area contributed by atoms with Crippen LogP contribution >= 0.6 is 11.3 Å². The van der Waals surface area contributed by atoms with Gasteiger partial charge in [-0.2, -0.15) is 0 Å². The number of aryl methyl sites for hydroxylation is 1. The van der Waals surface area contributed by atoms with Crippen LogP contribution in [0.1, 0.15) is 19.4 Å². The second kappa shape index (κ2) is 7.87. The molecule has 1 aromatic heterocycles. The van der Waals surface area contributed by atoms with Crippen molar-refractivity contribution < 1.29 is 9.47 Å². The Morgan fingerprint density at radius 1 is 1.22 bits per heavy atom. The van der Waals surface area contributed by atoms with Gasteiger partial charge in [0.15, 0.2) is 0 Å². The van der Waals surface area contributed by atoms with Gasteiger partial charge in [0, 0.05) is 19.7 Å². The van der Waals surface area contributed by atoms with Crippen LogP contribution in [0, 0.1) is 6.92 Å². The summed E-state index contributed by atoms with van der Waals surface area (Å²) in [5, 5.41) is 17.0. The van der Waals surface area contributed by atoms with Gasteiger partial charge in [0.1, 0.15) is 5.75 Å². The largest absolute Gasteiger partial charge is 0.492 e. The Kier molecular flexibility index (Phi) is 5.86. The maximum absolute atomic E-state index is 5.74. The lowest BCUT2D eigenvalue weighted by Gasteiger charge is -2.21. The highest BCUT2D eigenvalue weighted by Gasteiger charge is 2.12. The monoisotopic (exact) mass is 335 g/mol. The molecule has 2 rings (SSSR count). The van der Waals surface area contributed by atoms with E-state index in [0.717, 1.165) is 29.2 Å². The third-order valence-corrected chi connectivity index (χ3v) is 4.05. The molecule has 8 heteroatoms. The maximum atomic E-state index is 5.74. The summed E-state index contributed by atoms with van der Waals surface area (Å²) in [5.41, 5.74) is 2.81. The zero-order valence-corrected chi connectivity index (χ0v) is 14.8. The summed E-state index contributed by atoms with van der Waals surface area (Å²) in [5.74, 6) is 0.797. The summed E-state index contributed by atoms with van der Waals surface area (Å²) < 4.78 is 10.7. The lowest BCUT2D eigenvalue weighted by molar-refractivity contribution is 0.341. The number of methoxy groups -OCH3 is 1. The van der Waals surface area contributed by atoms with Gasteiger partial charge in [-0.15, -0.1) is 15.3 Å². The average molecular weight is 335 g/mol. The maximum Gasteiger partial charge on any atom is 0.295 e. The molecule has 0 amide bonds. The van der Waals surface area contributed by atoms with Crippen LogP contribution in [0.5, 0.6) is 10.9 Å². The second-order valence-electron chi connectivity index (χ2n) is 4.81. The molecule has 0 aliphatic heterocycles. The minimum Gasteiger partial charge on any atom is -0.492 e. The van der Waals surface area contributed by atoms with Crippen LogP contribution in [0.3, 0.4) is 0 Å². The molecule has 0 fully saturated rings. The van der Waals surface area contributed by atoms with Crippen LogP contribution in [0.25, 0.3) is 0 Å². The first-order valence-electron chi connectivity index (χ1n) is 7.36. The van der Waals surface area contributed by atoms with Crippen molar-refractivity contribution in [2.24, 2.45) is 10.2 Å². The van der Waals surface area contributed by atoms with E-state index in [-0.39, 0.29) is 0 Å². The Morgan fingerprint density at radius 2 is 2.00 bits per heavy atom. The van der Waals surface area contributed by atoms with E-state index in [0.29, 0.717) is 16.9 Å². The Balaban J connectivity index is 2.32. The van der Waals surface area contributed by atoms with Crippen LogP contribution in [0.2, 0.25) is 0 Å². The quantitative estimate of drug-likeness (QED) is 0.712. The molecular formula is C15H21N5O2S. The summed E-state index contributed by atoms with van der Waals surface area (Å²) in [4.78, 5) is 2.13. The number of ether oxygens (including phenoxy) is 2. The summed E-state index contributed by atoms with van der Waals surface area (Å²) in [6, 6.07) is 3.96. The lowest BCUT2D eigenvalue weighted by Crippen LogP contribution is -2.17. The molecule has 0 saturated carbocycles. The normalized spacial score (nSPS) is 11.0. The zero-order chi connectivity index (χ0) is 16.8. The minimum atomic E-state index is 0.453. The number of anilines is 1. The van der Waals surface area contributed by atoms with E-state index in [4.69, 9.17) is 9.47 Å². The fraction of sp³-hybridized carbons (Fsp3) is 0.467. The highest BCUT2D eigenvalue weighted by molar-refractivity contribution is 7.16. The van der Waals surface area contributed by atoms with Crippen molar-refractivity contribution in [3.63, 3.8) is 0 Å². The van der Waals surface area contributed by atoms with Gasteiger partial charge in [-0.3, -0.25) is 0 Å². The molecule has 7 nitrogen and oxygen atoms in total. The third kappa shape index (κ3) is 4.16. The highest BCUT2D eigenvalue weighted by Crippen LogP contribution is 2.36. The first-order valence-corrected chi connectivity index (χ1v) is 8.18. The first kappa shape index (κ1) is 17.1. The number of rotatable bonds is 7. The highest BCUT2D eigenvalue weighted by atomic mass is 32.1. The SMILES string of the molecule is CCOc1cc(N=Nc2nnc(OC)s2)c(C)cc1N(C)CC. The van der Waals surface area contributed by atoms with Crippen molar-refractivity contribution in [3.8, 4) is 10.9 Å². The summed E-state index contributed by atoms with van der Waals surface area (Å²) in [6.45, 7) is 7.55. The number of hydrogen-bond acceptors (Lipinski definition) is 8. The molecule has 2 aromatic rings. The number of azo groups is 1. The number of benzene rings is 1. The topological polar surface area (TPSA) is 72.2 Å². The van der Waals surface area contributed by atoms with Gasteiger partial charge in [-0.1, -0.05) is 5.10 Å². The Labute approximate surface area is 140 Å². The molecular weight excluding hydrogens is 314 g/mol. The summed E-state index contributed by atoms with van der Waals surface area (Å²) in [7, 11) is 3.58. The Bertz CT molecular complexity index is 687. The van der Waals surface area contributed by atoms with Gasteiger partial charge < -0.3 is 14.4 Å². The fourth-order valence-electron chi connectivity index (χ4n) is 1.93. The van der Waals surface area contributed by atoms with Crippen LogP contribution < -0.4 is 14.4 Å². The van der Waals surface area contributed by atoms with Crippen molar-refractivity contribution >= 4 is 27.8 Å². The van der Waals surface area contributed by atoms with Gasteiger partial charge in [-0.05, 0) is 43.7 Å². The van der Waals surface area contributed by atoms with Crippen molar-refractivity contribution in [2.45, 2.75) is 20.8 Å². The minimum absolute atomic E-state index is 0.453. The van der Waals surface area contributed by atoms with E-state index in [2.05, 4.69) is 38.3 Å². The first-order chi connectivity index (χ1) is 11.1. The molecule has 0 atom stereocenters. The molecule has 0 radical (unpaired) electrons. The van der Waals surface area contributed by atoms with Gasteiger partial charge in [-0.25, -0.2) is 0 Å². The van der Waals surface area contributed by atoms with E-state index in [1.165, 1.54) is 11.3 Å². The zero-order valence-electron chi connectivity index (χ0n) is 14.0. The van der Waals surface area contributed by atoms with Gasteiger partial charge in [0.05, 0.1) is 25.1 Å². The standard InChI is InChI=1S/C15H21N5O2S/c1-6-20(4)12-8-10(3)11(9-13(12)22-7-2)16-17-14-18-19-15(21-5)23-14/h8-9H,6-7H2,1-5H3. The molecule has 0 saturated heterocycles. The van der Waals surface area contributed by atoms with E-state index in [9.17, 15) is 0 Å². The van der Waals surface area contributed by atoms with E-state index in [1.807, 2.05) is 27.0 Å². The van der Waals surface area contributed by atoms with E-state index >= 15 is 0 Å². The molecule has 0 aliphatic carbocycles. The predicted octanol–water partition coefficient (Wildman–Crippen LogP) is 4.13. The van der Waals surface area contributed by atoms with Crippen LogP contribution in [0.4, 0.5) is 16.5 Å². The molecule has 0 bridgehead atoms. The second-order valence-corrected chi connectivity index (χ2v) is 5.73. The molecule has 0 N–H and O–H groups in total. The predicted molar refractivity (Wildman–Crippen MR) is 91.9 cm³/mol. The molecule has 0 unspecified atom stereocenters. The fourth-order valence-corrected chi connectivity index (χ4v) is 2.42. The Hall–Kier alpha value is -2.22. The molecule has 0 spiro atoms. The van der Waals surface area contributed by atoms with Crippen LogP contribution in [-0.4, -0.2) is 37.5 Å². The molecule has 1 heterocycles. The van der Waals surface area contributed by atoms with Crippen LogP contribution in [0.15, 0.2) is 22.4 Å². The van der Waals surface area contributed by atoms with Crippen molar-refractivity contribution in [2.75, 3.05) is 32.2 Å². The molecule has 23 heavy (non-hydrogen) atoms. The Morgan fingerprint density at radius 3 is 2.61 bits per heavy atom. The lowest BCUT2D eigenvalue weighted by atomic mass is 10.1. The van der Waals surface area contributed by atoms with Crippen molar-refractivity contribution in [1.82, 2.24) is 10.2 Å². The third-order valence-electron chi connectivity index (χ3n) is 3.28. The van der Waals surface area contributed by atoms with Crippen molar-refractivity contribution in [3.05, 3.63) is 17.7 Å². The number of hydrogen-bond donors (Lipinski definition) is 0. The number of nitrogens with zero attached hydrogens (tertiary/aromatic N) is 5. The molecule has 124 valence electrons. The summed E-state index contributed by atoms with van der Waals surface area (Å²) >= 11 is 1.24. The smallest absolute Gasteiger partial charge is 0.295 e. The average Bonchev–Trinajstić information content (AvgIpc) is 3.02. The van der Waals surface area contributed by atoms with Gasteiger partial charge in [0.2, 0.25) is 0 Å². The van der Waals surface area contributed by atoms with E-state index < -0.39 is 0 Å². The molecule has 0 aliphatic rings. The van der Waals surface area contributed by atoms with Gasteiger partial charge in [0.25, 0.3) is 10.3 Å². The summed E-state index contributed by atoms with van der Waals surface area (Å²) in [6.07, 6.45) is 0. The van der Waals surface area contributed by atoms with Crippen molar-refractivity contribution in [1.29, 1.82) is 0 Å². The number of aromatic nitrogens is 2. The molecule has 1 aromatic carbocycles. The van der Waals surface area contributed by atoms with Crippen LogP contribution in [-0.2, 0) is 0 Å². The van der Waals surface area contributed by atoms with E-state index in [1.54, 1.807) is 7.11 Å².